The molecule has 0 unspecified atom stereocenters. The number of ether oxygens (including phenoxy) is 1. The van der Waals surface area contributed by atoms with Crippen LogP contribution in [-0.2, 0) is 11.3 Å². The van der Waals surface area contributed by atoms with Crippen LogP contribution in [-0.4, -0.2) is 65.8 Å². The smallest absolute Gasteiger partial charge is 0.490 e. The second kappa shape index (κ2) is 16.9. The first-order valence-electron chi connectivity index (χ1n) is 12.7. The largest absolute Gasteiger partial charge is 0.506 e. The van der Waals surface area contributed by atoms with E-state index in [2.05, 4.69) is 26.8 Å². The van der Waals surface area contributed by atoms with Crippen molar-refractivity contribution >= 4 is 46.6 Å². The summed E-state index contributed by atoms with van der Waals surface area (Å²) in [5.41, 5.74) is 1.21. The molecule has 1 aliphatic carbocycles. The van der Waals surface area contributed by atoms with Crippen LogP contribution >= 0.6 is 23.5 Å². The highest BCUT2D eigenvalue weighted by Gasteiger charge is 2.38. The topological polar surface area (TPSA) is 107 Å². The van der Waals surface area contributed by atoms with E-state index in [-0.39, 0.29) is 5.75 Å². The second-order valence-electron chi connectivity index (χ2n) is 9.29. The predicted octanol–water partition coefficient (Wildman–Crippen LogP) is 6.94. The van der Waals surface area contributed by atoms with Gasteiger partial charge in [0, 0.05) is 66.9 Å². The Kier molecular flexibility index (Phi) is 14.0. The SMILES string of the molecule is COc1ccc(S/N=C/N(C)C)cc1CNC1CCCCC1.O=C(O)C(F)(F)F.Oc1cc2ccncc2cc1Cl. The average molecular weight is 615 g/mol. The molecule has 0 atom stereocenters. The van der Waals surface area contributed by atoms with Crippen molar-refractivity contribution in [2.75, 3.05) is 21.2 Å². The Morgan fingerprint density at radius 3 is 2.49 bits per heavy atom. The zero-order chi connectivity index (χ0) is 30.4. The van der Waals surface area contributed by atoms with E-state index < -0.39 is 12.1 Å². The molecule has 0 aliphatic heterocycles. The number of halogens is 4. The van der Waals surface area contributed by atoms with Gasteiger partial charge in [-0.05, 0) is 54.6 Å². The number of benzene rings is 2. The van der Waals surface area contributed by atoms with Crippen LogP contribution in [0, 0.1) is 0 Å². The number of aromatic hydroxyl groups is 1. The number of nitrogens with zero attached hydrogens (tertiary/aromatic N) is 3. The Morgan fingerprint density at radius 2 is 1.88 bits per heavy atom. The summed E-state index contributed by atoms with van der Waals surface area (Å²) in [7, 11) is 5.67. The first kappa shape index (κ1) is 34.0. The first-order chi connectivity index (χ1) is 19.4. The predicted molar refractivity (Wildman–Crippen MR) is 157 cm³/mol. The molecule has 0 radical (unpaired) electrons. The fourth-order valence-corrected chi connectivity index (χ4v) is 4.64. The van der Waals surface area contributed by atoms with Gasteiger partial charge in [0.2, 0.25) is 0 Å². The van der Waals surface area contributed by atoms with E-state index in [1.165, 1.54) is 49.6 Å². The number of alkyl halides is 3. The molecule has 0 bridgehead atoms. The molecule has 1 fully saturated rings. The maximum Gasteiger partial charge on any atom is 0.490 e. The minimum Gasteiger partial charge on any atom is -0.506 e. The molecule has 1 heterocycles. The highest BCUT2D eigenvalue weighted by molar-refractivity contribution is 7.98. The molecule has 41 heavy (non-hydrogen) atoms. The van der Waals surface area contributed by atoms with Crippen LogP contribution in [0.3, 0.4) is 0 Å². The lowest BCUT2D eigenvalue weighted by Gasteiger charge is -2.23. The number of hydrogen-bond donors (Lipinski definition) is 3. The highest BCUT2D eigenvalue weighted by Crippen LogP contribution is 2.29. The van der Waals surface area contributed by atoms with E-state index in [0.29, 0.717) is 11.1 Å². The number of aliphatic carboxylic acids is 1. The number of phenolic OH excluding ortho intramolecular Hbond substituents is 1. The lowest BCUT2D eigenvalue weighted by atomic mass is 9.95. The van der Waals surface area contributed by atoms with E-state index in [1.54, 1.807) is 31.6 Å². The van der Waals surface area contributed by atoms with Crippen molar-refractivity contribution in [1.29, 1.82) is 0 Å². The minimum absolute atomic E-state index is 0.107. The Morgan fingerprint density at radius 1 is 1.20 bits per heavy atom. The molecule has 0 spiro atoms. The van der Waals surface area contributed by atoms with Gasteiger partial charge in [-0.2, -0.15) is 13.2 Å². The van der Waals surface area contributed by atoms with E-state index in [9.17, 15) is 18.3 Å². The first-order valence-corrected chi connectivity index (χ1v) is 13.9. The van der Waals surface area contributed by atoms with Gasteiger partial charge in [0.15, 0.2) is 0 Å². The number of fused-ring (bicyclic) bond motifs is 1. The Bertz CT molecular complexity index is 1250. The van der Waals surface area contributed by atoms with Crippen molar-refractivity contribution in [3.05, 3.63) is 59.4 Å². The van der Waals surface area contributed by atoms with E-state index in [1.807, 2.05) is 37.5 Å². The Hall–Kier alpha value is -3.22. The quantitative estimate of drug-likeness (QED) is 0.149. The van der Waals surface area contributed by atoms with Gasteiger partial charge in [0.25, 0.3) is 0 Å². The van der Waals surface area contributed by atoms with Crippen LogP contribution < -0.4 is 10.1 Å². The fraction of sp³-hybridized carbons (Fsp3) is 0.393. The van der Waals surface area contributed by atoms with Crippen LogP contribution in [0.25, 0.3) is 10.8 Å². The number of rotatable bonds is 7. The number of phenols is 1. The summed E-state index contributed by atoms with van der Waals surface area (Å²) in [6.07, 6.45) is 6.80. The summed E-state index contributed by atoms with van der Waals surface area (Å²) >= 11 is 7.20. The van der Waals surface area contributed by atoms with Gasteiger partial charge in [-0.25, -0.2) is 9.19 Å². The van der Waals surface area contributed by atoms with E-state index >= 15 is 0 Å². The maximum atomic E-state index is 10.6. The van der Waals surface area contributed by atoms with Crippen molar-refractivity contribution in [2.24, 2.45) is 4.40 Å². The Balaban J connectivity index is 0.000000257. The number of carboxylic acid groups (broad SMARTS) is 1. The molecule has 1 aromatic heterocycles. The highest BCUT2D eigenvalue weighted by atomic mass is 35.5. The van der Waals surface area contributed by atoms with Gasteiger partial charge in [-0.1, -0.05) is 30.9 Å². The van der Waals surface area contributed by atoms with Gasteiger partial charge in [-0.15, -0.1) is 0 Å². The minimum atomic E-state index is -5.08. The van der Waals surface area contributed by atoms with Gasteiger partial charge >= 0.3 is 12.1 Å². The Labute approximate surface area is 246 Å². The standard InChI is InChI=1S/C17H27N3OS.C9H6ClNO.C2HF3O2/c1-20(2)13-19-22-16-9-10-17(21-3)14(11-16)12-18-15-7-5-4-6-8-15;10-8-3-7-5-11-2-1-6(7)4-9(8)12;3-2(4,5)1(6)7/h9-11,13,15,18H,4-8,12H2,1-3H3;1-5,12H;(H,6,7)/b19-13+;;. The molecule has 3 N–H and O–H groups in total. The van der Waals surface area contributed by atoms with Crippen LogP contribution in [0.1, 0.15) is 37.7 Å². The third-order valence-electron chi connectivity index (χ3n) is 5.82. The summed E-state index contributed by atoms with van der Waals surface area (Å²) < 4.78 is 41.6. The molecule has 3 aromatic rings. The van der Waals surface area contributed by atoms with Crippen molar-refractivity contribution in [2.45, 2.75) is 55.8 Å². The fourth-order valence-electron chi connectivity index (χ4n) is 3.79. The lowest BCUT2D eigenvalue weighted by Crippen LogP contribution is -2.30. The summed E-state index contributed by atoms with van der Waals surface area (Å²) in [4.78, 5) is 15.9. The third kappa shape index (κ3) is 12.4. The van der Waals surface area contributed by atoms with E-state index in [0.717, 1.165) is 28.0 Å². The normalized spacial score (nSPS) is 13.6. The summed E-state index contributed by atoms with van der Waals surface area (Å²) in [5.74, 6) is -1.70. The molecule has 4 rings (SSSR count). The van der Waals surface area contributed by atoms with E-state index in [4.69, 9.17) is 26.2 Å². The van der Waals surface area contributed by atoms with Gasteiger partial charge in [0.05, 0.1) is 18.5 Å². The number of methoxy groups -OCH3 is 1. The molecule has 1 aliphatic rings. The molecule has 1 saturated carbocycles. The van der Waals surface area contributed by atoms with Crippen molar-refractivity contribution in [3.63, 3.8) is 0 Å². The zero-order valence-electron chi connectivity index (χ0n) is 23.0. The van der Waals surface area contributed by atoms with Crippen LogP contribution in [0.2, 0.25) is 5.02 Å². The van der Waals surface area contributed by atoms with Gasteiger partial charge in [0.1, 0.15) is 11.5 Å². The van der Waals surface area contributed by atoms with Crippen LogP contribution in [0.5, 0.6) is 11.5 Å². The molecular formula is C28H34ClF3N4O4S. The molecule has 0 saturated heterocycles. The lowest BCUT2D eigenvalue weighted by molar-refractivity contribution is -0.192. The molecule has 224 valence electrons. The summed E-state index contributed by atoms with van der Waals surface area (Å²) in [6, 6.07) is 12.1. The molecule has 2 aromatic carbocycles. The van der Waals surface area contributed by atoms with Crippen molar-refractivity contribution in [1.82, 2.24) is 15.2 Å². The number of carboxylic acids is 1. The molecular weight excluding hydrogens is 581 g/mol. The zero-order valence-corrected chi connectivity index (χ0v) is 24.6. The number of aromatic nitrogens is 1. The summed E-state index contributed by atoms with van der Waals surface area (Å²) in [5, 5.41) is 22.3. The van der Waals surface area contributed by atoms with Crippen LogP contribution in [0.15, 0.2) is 58.1 Å². The number of nitrogens with one attached hydrogen (secondary N) is 1. The number of pyridine rings is 1. The van der Waals surface area contributed by atoms with Crippen molar-refractivity contribution < 1.29 is 32.9 Å². The van der Waals surface area contributed by atoms with Crippen molar-refractivity contribution in [3.8, 4) is 11.5 Å². The van der Waals surface area contributed by atoms with Gasteiger partial charge in [-0.3, -0.25) is 4.98 Å². The maximum absolute atomic E-state index is 10.6. The third-order valence-corrected chi connectivity index (χ3v) is 6.79. The van der Waals surface area contributed by atoms with Crippen LogP contribution in [0.4, 0.5) is 13.2 Å². The second-order valence-corrected chi connectivity index (χ2v) is 10.6. The van der Waals surface area contributed by atoms with Gasteiger partial charge < -0.3 is 25.2 Å². The average Bonchev–Trinajstić information content (AvgIpc) is 2.93. The number of carbonyl (C=O) groups is 1. The molecule has 8 nitrogen and oxygen atoms in total. The number of hydrogen-bond acceptors (Lipinski definition) is 7. The monoisotopic (exact) mass is 614 g/mol. The molecule has 0 amide bonds. The molecule has 13 heteroatoms. The summed E-state index contributed by atoms with van der Waals surface area (Å²) in [6.45, 7) is 0.861.